The van der Waals surface area contributed by atoms with Crippen LogP contribution in [-0.2, 0) is 14.8 Å². The second-order valence-electron chi connectivity index (χ2n) is 7.35. The van der Waals surface area contributed by atoms with Crippen molar-refractivity contribution in [3.8, 4) is 11.5 Å². The lowest BCUT2D eigenvalue weighted by molar-refractivity contribution is -0.138. The lowest BCUT2D eigenvalue weighted by atomic mass is 9.99. The second-order valence-corrected chi connectivity index (χ2v) is 8.97. The predicted octanol–water partition coefficient (Wildman–Crippen LogP) is 5.06. The number of carboxylic acids is 1. The van der Waals surface area contributed by atoms with Crippen LogP contribution in [0.15, 0.2) is 24.3 Å². The molecule has 1 aliphatic rings. The summed E-state index contributed by atoms with van der Waals surface area (Å²) < 4.78 is 91.0. The largest absolute Gasteiger partial charge is 0.513 e. The quantitative estimate of drug-likeness (QED) is 0.245. The fourth-order valence-corrected chi connectivity index (χ4v) is 4.21. The van der Waals surface area contributed by atoms with E-state index in [1.165, 1.54) is 12.1 Å². The summed E-state index contributed by atoms with van der Waals surface area (Å²) in [4.78, 5) is 11.1. The molecule has 2 unspecified atom stereocenters. The molecule has 12 heteroatoms. The van der Waals surface area contributed by atoms with E-state index in [1.807, 2.05) is 12.0 Å². The summed E-state index contributed by atoms with van der Waals surface area (Å²) >= 11 is 0. The Balaban J connectivity index is 1.96. The van der Waals surface area contributed by atoms with Gasteiger partial charge in [-0.05, 0) is 42.9 Å². The number of halogens is 5. The maximum absolute atomic E-state index is 14.0. The van der Waals surface area contributed by atoms with Crippen molar-refractivity contribution in [2.24, 2.45) is 0 Å². The van der Waals surface area contributed by atoms with Gasteiger partial charge in [0.1, 0.15) is 11.8 Å². The van der Waals surface area contributed by atoms with Crippen molar-refractivity contribution in [3.05, 3.63) is 58.9 Å². The molecule has 31 heavy (non-hydrogen) atoms. The second kappa shape index (κ2) is 8.12. The minimum absolute atomic E-state index is 0.00970. The van der Waals surface area contributed by atoms with Crippen LogP contribution in [0.25, 0.3) is 0 Å². The Morgan fingerprint density at radius 1 is 1.00 bits per heavy atom. The van der Waals surface area contributed by atoms with Crippen molar-refractivity contribution in [3.63, 3.8) is 0 Å². The van der Waals surface area contributed by atoms with Gasteiger partial charge in [0.05, 0.1) is 0 Å². The number of benzene rings is 2. The number of rotatable bonds is 8. The van der Waals surface area contributed by atoms with Crippen LogP contribution in [0.5, 0.6) is 11.5 Å². The van der Waals surface area contributed by atoms with Gasteiger partial charge in [-0.2, -0.15) is 13.9 Å². The zero-order valence-corrected chi connectivity index (χ0v) is 17.1. The predicted molar refractivity (Wildman–Crippen MR) is 98.4 cm³/mol. The van der Waals surface area contributed by atoms with E-state index in [0.29, 0.717) is 0 Å². The SMILES string of the molecule is CC(NP(=O)(Oc1ccc(C2(C)CC2)cc1)Oc1c(F)c(F)c(F)c(F)c1F)C(=O)O. The monoisotopic (exact) mass is 465 g/mol. The fraction of sp³-hybridized carbons (Fsp3) is 0.316. The summed E-state index contributed by atoms with van der Waals surface area (Å²) in [7, 11) is -4.99. The van der Waals surface area contributed by atoms with Crippen molar-refractivity contribution >= 4 is 13.7 Å². The van der Waals surface area contributed by atoms with Crippen molar-refractivity contribution < 1.29 is 45.5 Å². The first-order chi connectivity index (χ1) is 14.4. The number of carboxylic acid groups (broad SMARTS) is 1. The lowest BCUT2D eigenvalue weighted by Gasteiger charge is -2.23. The minimum Gasteiger partial charge on any atom is -0.480 e. The summed E-state index contributed by atoms with van der Waals surface area (Å²) in [6.07, 6.45) is 1.93. The van der Waals surface area contributed by atoms with E-state index in [9.17, 15) is 31.3 Å². The molecule has 2 atom stereocenters. The van der Waals surface area contributed by atoms with Crippen LogP contribution in [0, 0.1) is 29.1 Å². The van der Waals surface area contributed by atoms with Gasteiger partial charge in [0.15, 0.2) is 0 Å². The highest BCUT2D eigenvalue weighted by Crippen LogP contribution is 2.50. The van der Waals surface area contributed by atoms with E-state index in [-0.39, 0.29) is 11.2 Å². The van der Waals surface area contributed by atoms with Gasteiger partial charge in [-0.1, -0.05) is 19.1 Å². The molecule has 0 aliphatic heterocycles. The number of hydrogen-bond acceptors (Lipinski definition) is 4. The maximum Gasteiger partial charge on any atom is 0.513 e. The number of aliphatic carboxylic acids is 1. The minimum atomic E-state index is -4.99. The molecule has 3 rings (SSSR count). The molecule has 168 valence electrons. The molecule has 0 spiro atoms. The smallest absolute Gasteiger partial charge is 0.480 e. The van der Waals surface area contributed by atoms with Gasteiger partial charge in [-0.3, -0.25) is 4.79 Å². The molecule has 0 amide bonds. The first-order valence-corrected chi connectivity index (χ1v) is 10.5. The van der Waals surface area contributed by atoms with E-state index >= 15 is 0 Å². The summed E-state index contributed by atoms with van der Waals surface area (Å²) in [6, 6.07) is 4.38. The molecule has 0 saturated heterocycles. The number of carbonyl (C=O) groups is 1. The van der Waals surface area contributed by atoms with E-state index < -0.39 is 54.6 Å². The lowest BCUT2D eigenvalue weighted by Crippen LogP contribution is -2.34. The molecule has 0 bridgehead atoms. The van der Waals surface area contributed by atoms with E-state index in [4.69, 9.17) is 9.63 Å². The normalized spacial score (nSPS) is 17.5. The van der Waals surface area contributed by atoms with Crippen LogP contribution in [0.2, 0.25) is 0 Å². The Morgan fingerprint density at radius 2 is 1.48 bits per heavy atom. The molecule has 2 aromatic carbocycles. The van der Waals surface area contributed by atoms with Gasteiger partial charge < -0.3 is 14.2 Å². The summed E-state index contributed by atoms with van der Waals surface area (Å²) in [5.74, 6) is -15.4. The van der Waals surface area contributed by atoms with Crippen molar-refractivity contribution in [2.45, 2.75) is 38.1 Å². The standard InChI is InChI=1S/C19H17F5NO5P/c1-9(18(26)27)25-31(28,29-11-5-3-10(4-6-11)19(2)7-8-19)30-17-15(23)13(21)12(20)14(22)16(17)24/h3-6,9H,7-8H2,1-2H3,(H,25,28)(H,26,27). The van der Waals surface area contributed by atoms with Crippen LogP contribution in [0.4, 0.5) is 22.0 Å². The molecule has 6 nitrogen and oxygen atoms in total. The Morgan fingerprint density at radius 3 is 1.94 bits per heavy atom. The maximum atomic E-state index is 14.0. The molecular formula is C19H17F5NO5P. The van der Waals surface area contributed by atoms with Crippen molar-refractivity contribution in [1.29, 1.82) is 0 Å². The molecule has 0 radical (unpaired) electrons. The van der Waals surface area contributed by atoms with Gasteiger partial charge in [-0.25, -0.2) is 17.7 Å². The molecule has 0 aromatic heterocycles. The Bertz CT molecular complexity index is 1050. The topological polar surface area (TPSA) is 84.9 Å². The first kappa shape index (κ1) is 23.0. The Labute approximate surface area is 173 Å². The number of hydrogen-bond donors (Lipinski definition) is 2. The summed E-state index contributed by atoms with van der Waals surface area (Å²) in [6.45, 7) is 3.04. The molecule has 1 aliphatic carbocycles. The fourth-order valence-electron chi connectivity index (χ4n) is 2.68. The Kier molecular flexibility index (Phi) is 6.03. The molecule has 1 fully saturated rings. The molecular weight excluding hydrogens is 448 g/mol. The van der Waals surface area contributed by atoms with E-state index in [0.717, 1.165) is 25.3 Å². The average molecular weight is 465 g/mol. The van der Waals surface area contributed by atoms with Crippen LogP contribution in [0.1, 0.15) is 32.3 Å². The highest BCUT2D eigenvalue weighted by atomic mass is 31.2. The van der Waals surface area contributed by atoms with Gasteiger partial charge in [-0.15, -0.1) is 0 Å². The zero-order valence-electron chi connectivity index (χ0n) is 16.2. The van der Waals surface area contributed by atoms with Crippen LogP contribution in [0.3, 0.4) is 0 Å². The highest BCUT2D eigenvalue weighted by molar-refractivity contribution is 7.52. The first-order valence-electron chi connectivity index (χ1n) is 8.99. The molecule has 2 N–H and O–H groups in total. The van der Waals surface area contributed by atoms with E-state index in [1.54, 1.807) is 12.1 Å². The molecule has 2 aromatic rings. The van der Waals surface area contributed by atoms with Gasteiger partial charge >= 0.3 is 13.7 Å². The van der Waals surface area contributed by atoms with Gasteiger partial charge in [0.2, 0.25) is 34.8 Å². The molecule has 1 saturated carbocycles. The van der Waals surface area contributed by atoms with Crippen LogP contribution >= 0.6 is 7.75 Å². The third kappa shape index (κ3) is 4.67. The Hall–Kier alpha value is -2.65. The zero-order chi connectivity index (χ0) is 23.1. The summed E-state index contributed by atoms with van der Waals surface area (Å²) in [5, 5.41) is 10.9. The van der Waals surface area contributed by atoms with Crippen LogP contribution < -0.4 is 14.1 Å². The van der Waals surface area contributed by atoms with Crippen LogP contribution in [-0.4, -0.2) is 17.1 Å². The highest BCUT2D eigenvalue weighted by Gasteiger charge is 2.40. The van der Waals surface area contributed by atoms with E-state index in [2.05, 4.69) is 4.52 Å². The third-order valence-electron chi connectivity index (χ3n) is 4.88. The third-order valence-corrected chi connectivity index (χ3v) is 6.46. The van der Waals surface area contributed by atoms with Crippen molar-refractivity contribution in [2.75, 3.05) is 0 Å². The summed E-state index contributed by atoms with van der Waals surface area (Å²) in [5.41, 5.74) is 0.937. The van der Waals surface area contributed by atoms with Crippen molar-refractivity contribution in [1.82, 2.24) is 5.09 Å². The van der Waals surface area contributed by atoms with Gasteiger partial charge in [0.25, 0.3) is 0 Å². The molecule has 0 heterocycles. The number of nitrogens with one attached hydrogen (secondary N) is 1. The average Bonchev–Trinajstić information content (AvgIpc) is 3.47. The van der Waals surface area contributed by atoms with Gasteiger partial charge in [0, 0.05) is 0 Å².